The lowest BCUT2D eigenvalue weighted by Crippen LogP contribution is -2.19. The van der Waals surface area contributed by atoms with Gasteiger partial charge in [-0.15, -0.1) is 6.58 Å². The highest BCUT2D eigenvalue weighted by Gasteiger charge is 2.21. The summed E-state index contributed by atoms with van der Waals surface area (Å²) in [6, 6.07) is 7.75. The van der Waals surface area contributed by atoms with E-state index in [1.807, 2.05) is 30.3 Å². The monoisotopic (exact) mass is 247 g/mol. The molecule has 0 spiro atoms. The maximum Gasteiger partial charge on any atom is 0.150 e. The molecule has 1 aliphatic carbocycles. The Morgan fingerprint density at radius 1 is 1.33 bits per heavy atom. The highest BCUT2D eigenvalue weighted by atomic mass is 16.6. The van der Waals surface area contributed by atoms with Crippen LogP contribution in [0.4, 0.5) is 0 Å². The van der Waals surface area contributed by atoms with Gasteiger partial charge in [0.05, 0.1) is 6.61 Å². The third-order valence-corrected chi connectivity index (χ3v) is 2.87. The Bertz CT molecular complexity index is 375. The Kier molecular flexibility index (Phi) is 5.09. The van der Waals surface area contributed by atoms with Crippen LogP contribution in [0.25, 0.3) is 0 Å². The minimum atomic E-state index is 0.770. The number of allylic oxidation sites excluding steroid dienone is 1. The van der Waals surface area contributed by atoms with Gasteiger partial charge in [-0.1, -0.05) is 12.1 Å². The van der Waals surface area contributed by atoms with Gasteiger partial charge in [0.1, 0.15) is 5.75 Å². The maximum absolute atomic E-state index is 5.69. The van der Waals surface area contributed by atoms with E-state index in [0.29, 0.717) is 0 Å². The van der Waals surface area contributed by atoms with Gasteiger partial charge in [-0.25, -0.2) is 0 Å². The van der Waals surface area contributed by atoms with Gasteiger partial charge in [0.2, 0.25) is 0 Å². The topological polar surface area (TPSA) is 30.5 Å². The summed E-state index contributed by atoms with van der Waals surface area (Å²) in [5, 5.41) is 0. The van der Waals surface area contributed by atoms with Crippen LogP contribution in [-0.2, 0) is 0 Å². The minimum Gasteiger partial charge on any atom is -0.493 e. The normalized spacial score (nSPS) is 14.2. The predicted molar refractivity (Wildman–Crippen MR) is 72.7 cm³/mol. The number of ether oxygens (including phenoxy) is 1. The molecule has 1 aromatic carbocycles. The van der Waals surface area contributed by atoms with E-state index in [2.05, 4.69) is 12.1 Å². The van der Waals surface area contributed by atoms with Crippen molar-refractivity contribution < 1.29 is 9.57 Å². The van der Waals surface area contributed by atoms with Crippen LogP contribution in [0.1, 0.15) is 25.7 Å². The molecule has 0 aliphatic heterocycles. The van der Waals surface area contributed by atoms with Crippen LogP contribution in [0.2, 0.25) is 0 Å². The van der Waals surface area contributed by atoms with Crippen molar-refractivity contribution in [3.63, 3.8) is 0 Å². The molecule has 3 heteroatoms. The lowest BCUT2D eigenvalue weighted by Gasteiger charge is -2.09. The van der Waals surface area contributed by atoms with Gasteiger partial charge in [0.15, 0.2) is 5.75 Å². The molecular formula is C15H21NO2. The third-order valence-electron chi connectivity index (χ3n) is 2.87. The van der Waals surface area contributed by atoms with Crippen molar-refractivity contribution in [1.29, 1.82) is 0 Å². The number of benzene rings is 1. The average molecular weight is 247 g/mol. The van der Waals surface area contributed by atoms with Gasteiger partial charge in [-0.2, -0.15) is 5.48 Å². The zero-order valence-corrected chi connectivity index (χ0v) is 10.7. The highest BCUT2D eigenvalue weighted by molar-refractivity contribution is 5.32. The average Bonchev–Trinajstić information content (AvgIpc) is 3.21. The van der Waals surface area contributed by atoms with Gasteiger partial charge in [0.25, 0.3) is 0 Å². The molecule has 0 amide bonds. The smallest absolute Gasteiger partial charge is 0.150 e. The van der Waals surface area contributed by atoms with Crippen LogP contribution < -0.4 is 15.1 Å². The van der Waals surface area contributed by atoms with E-state index in [4.69, 9.17) is 9.57 Å². The lowest BCUT2D eigenvalue weighted by molar-refractivity contribution is 0.193. The summed E-state index contributed by atoms with van der Waals surface area (Å²) >= 11 is 0. The molecule has 1 saturated carbocycles. The van der Waals surface area contributed by atoms with Crippen molar-refractivity contribution in [3.8, 4) is 11.5 Å². The van der Waals surface area contributed by atoms with Gasteiger partial charge in [0, 0.05) is 12.6 Å². The van der Waals surface area contributed by atoms with Crippen molar-refractivity contribution in [2.45, 2.75) is 25.7 Å². The number of hydrogen-bond donors (Lipinski definition) is 1. The number of unbranched alkanes of at least 4 members (excludes halogenated alkanes) is 1. The van der Waals surface area contributed by atoms with Crippen molar-refractivity contribution >= 4 is 0 Å². The van der Waals surface area contributed by atoms with Crippen LogP contribution in [0.3, 0.4) is 0 Å². The fourth-order valence-electron chi connectivity index (χ4n) is 1.58. The minimum absolute atomic E-state index is 0.770. The van der Waals surface area contributed by atoms with E-state index in [1.165, 1.54) is 12.8 Å². The quantitative estimate of drug-likeness (QED) is 0.412. The molecule has 0 heterocycles. The standard InChI is InChI=1S/C15H21NO2/c1-2-3-4-10-16-18-15-7-5-6-14(11-15)17-12-13-8-9-13/h2,5-7,11,13,16H,1,3-4,8-10,12H2. The van der Waals surface area contributed by atoms with Gasteiger partial charge in [-0.05, 0) is 43.7 Å². The van der Waals surface area contributed by atoms with Crippen LogP contribution in [-0.4, -0.2) is 13.2 Å². The Hall–Kier alpha value is -1.48. The Balaban J connectivity index is 1.70. The van der Waals surface area contributed by atoms with Gasteiger partial charge in [-0.3, -0.25) is 0 Å². The number of nitrogens with one attached hydrogen (secondary N) is 1. The molecule has 3 nitrogen and oxygen atoms in total. The second-order valence-corrected chi connectivity index (χ2v) is 4.66. The van der Waals surface area contributed by atoms with Crippen molar-refractivity contribution in [2.75, 3.05) is 13.2 Å². The van der Waals surface area contributed by atoms with Crippen molar-refractivity contribution in [2.24, 2.45) is 5.92 Å². The first-order chi connectivity index (χ1) is 8.88. The number of rotatable bonds is 9. The fourth-order valence-corrected chi connectivity index (χ4v) is 1.58. The lowest BCUT2D eigenvalue weighted by atomic mass is 10.3. The molecule has 1 aromatic rings. The predicted octanol–water partition coefficient (Wildman–Crippen LogP) is 3.33. The Morgan fingerprint density at radius 3 is 2.94 bits per heavy atom. The molecule has 0 saturated heterocycles. The third kappa shape index (κ3) is 4.80. The summed E-state index contributed by atoms with van der Waals surface area (Å²) in [5.74, 6) is 2.45. The molecule has 98 valence electrons. The largest absolute Gasteiger partial charge is 0.493 e. The molecule has 18 heavy (non-hydrogen) atoms. The zero-order valence-electron chi connectivity index (χ0n) is 10.7. The van der Waals surface area contributed by atoms with E-state index in [1.54, 1.807) is 0 Å². The highest BCUT2D eigenvalue weighted by Crippen LogP contribution is 2.30. The van der Waals surface area contributed by atoms with E-state index in [-0.39, 0.29) is 0 Å². The van der Waals surface area contributed by atoms with E-state index in [9.17, 15) is 0 Å². The molecule has 1 aliphatic rings. The summed E-state index contributed by atoms with van der Waals surface area (Å²) in [4.78, 5) is 5.45. The van der Waals surface area contributed by atoms with Crippen LogP contribution in [0.15, 0.2) is 36.9 Å². The zero-order chi connectivity index (χ0) is 12.6. The van der Waals surface area contributed by atoms with Crippen LogP contribution in [0, 0.1) is 5.92 Å². The van der Waals surface area contributed by atoms with Crippen molar-refractivity contribution in [3.05, 3.63) is 36.9 Å². The van der Waals surface area contributed by atoms with E-state index < -0.39 is 0 Å². The number of hydrogen-bond acceptors (Lipinski definition) is 3. The second kappa shape index (κ2) is 7.07. The molecule has 1 N–H and O–H groups in total. The molecule has 0 aromatic heterocycles. The molecule has 0 unspecified atom stereocenters. The first-order valence-corrected chi connectivity index (χ1v) is 6.62. The fraction of sp³-hybridized carbons (Fsp3) is 0.467. The van der Waals surface area contributed by atoms with E-state index >= 15 is 0 Å². The SMILES string of the molecule is C=CCCCNOc1cccc(OCC2CC2)c1. The first-order valence-electron chi connectivity index (χ1n) is 6.62. The van der Waals surface area contributed by atoms with Crippen molar-refractivity contribution in [1.82, 2.24) is 5.48 Å². The summed E-state index contributed by atoms with van der Waals surface area (Å²) in [5.41, 5.74) is 2.94. The molecule has 0 radical (unpaired) electrons. The summed E-state index contributed by atoms with van der Waals surface area (Å²) in [6.45, 7) is 5.33. The van der Waals surface area contributed by atoms with Crippen LogP contribution >= 0.6 is 0 Å². The van der Waals surface area contributed by atoms with Gasteiger partial charge >= 0.3 is 0 Å². The maximum atomic E-state index is 5.69. The summed E-state index contributed by atoms with van der Waals surface area (Å²) in [6.07, 6.45) is 6.55. The molecule has 0 atom stereocenters. The Labute approximate surface area is 109 Å². The van der Waals surface area contributed by atoms with E-state index in [0.717, 1.165) is 43.4 Å². The molecular weight excluding hydrogens is 226 g/mol. The summed E-state index contributed by atoms with van der Waals surface area (Å²) in [7, 11) is 0. The molecule has 0 bridgehead atoms. The Morgan fingerprint density at radius 2 is 2.17 bits per heavy atom. The second-order valence-electron chi connectivity index (χ2n) is 4.66. The van der Waals surface area contributed by atoms with Gasteiger partial charge < -0.3 is 9.57 Å². The van der Waals surface area contributed by atoms with Crippen LogP contribution in [0.5, 0.6) is 11.5 Å². The number of hydroxylamine groups is 1. The summed E-state index contributed by atoms with van der Waals surface area (Å²) < 4.78 is 5.69. The first kappa shape index (κ1) is 13.0. The molecule has 1 fully saturated rings. The molecule has 2 rings (SSSR count).